The van der Waals surface area contributed by atoms with Gasteiger partial charge in [0.15, 0.2) is 0 Å². The number of benzene rings is 2. The third kappa shape index (κ3) is 3.73. The summed E-state index contributed by atoms with van der Waals surface area (Å²) in [4.78, 5) is 18.4. The summed E-state index contributed by atoms with van der Waals surface area (Å²) >= 11 is 1.61. The standard InChI is InChI=1S/C22H20N4OS/c1-15-20(28-22(24-15)17-11-7-4-8-12-17)14-23-21(27)19-13-18(25-26(19)2)16-9-5-3-6-10-16/h3-13H,14H2,1-2H3,(H,23,27). The minimum absolute atomic E-state index is 0.147. The molecule has 4 aromatic rings. The maximum atomic E-state index is 12.7. The summed E-state index contributed by atoms with van der Waals surface area (Å²) in [7, 11) is 1.78. The normalized spacial score (nSPS) is 10.8. The molecule has 4 rings (SSSR count). The lowest BCUT2D eigenvalue weighted by molar-refractivity contribution is 0.0942. The van der Waals surface area contributed by atoms with Gasteiger partial charge in [0.1, 0.15) is 10.7 Å². The topological polar surface area (TPSA) is 59.8 Å². The second-order valence-electron chi connectivity index (χ2n) is 6.48. The Kier molecular flexibility index (Phi) is 5.04. The van der Waals surface area contributed by atoms with Gasteiger partial charge in [-0.05, 0) is 13.0 Å². The molecule has 5 nitrogen and oxygen atoms in total. The van der Waals surface area contributed by atoms with E-state index in [1.165, 1.54) is 0 Å². The minimum atomic E-state index is -0.147. The van der Waals surface area contributed by atoms with E-state index in [1.54, 1.807) is 23.1 Å². The third-order valence-corrected chi connectivity index (χ3v) is 5.71. The van der Waals surface area contributed by atoms with Crippen LogP contribution in [0.5, 0.6) is 0 Å². The van der Waals surface area contributed by atoms with Crippen LogP contribution in [-0.4, -0.2) is 20.7 Å². The maximum absolute atomic E-state index is 12.7. The minimum Gasteiger partial charge on any atom is -0.346 e. The predicted molar refractivity (Wildman–Crippen MR) is 112 cm³/mol. The Morgan fingerprint density at radius 1 is 1.04 bits per heavy atom. The number of nitrogens with zero attached hydrogens (tertiary/aromatic N) is 3. The summed E-state index contributed by atoms with van der Waals surface area (Å²) < 4.78 is 1.62. The Labute approximate surface area is 167 Å². The molecular weight excluding hydrogens is 368 g/mol. The SMILES string of the molecule is Cc1nc(-c2ccccc2)sc1CNC(=O)c1cc(-c2ccccc2)nn1C. The average molecular weight is 388 g/mol. The van der Waals surface area contributed by atoms with Crippen LogP contribution in [0.2, 0.25) is 0 Å². The van der Waals surface area contributed by atoms with Crippen LogP contribution in [0.1, 0.15) is 21.1 Å². The maximum Gasteiger partial charge on any atom is 0.269 e. The first-order chi connectivity index (χ1) is 13.6. The molecule has 0 spiro atoms. The van der Waals surface area contributed by atoms with Gasteiger partial charge in [-0.1, -0.05) is 60.7 Å². The fourth-order valence-electron chi connectivity index (χ4n) is 2.98. The molecule has 0 unspecified atom stereocenters. The highest BCUT2D eigenvalue weighted by atomic mass is 32.1. The van der Waals surface area contributed by atoms with Gasteiger partial charge in [-0.25, -0.2) is 4.98 Å². The highest BCUT2D eigenvalue weighted by molar-refractivity contribution is 7.15. The Morgan fingerprint density at radius 3 is 2.36 bits per heavy atom. The van der Waals surface area contributed by atoms with Gasteiger partial charge in [0.05, 0.1) is 17.9 Å². The lowest BCUT2D eigenvalue weighted by Crippen LogP contribution is -2.25. The second-order valence-corrected chi connectivity index (χ2v) is 7.56. The van der Waals surface area contributed by atoms with Crippen LogP contribution in [-0.2, 0) is 13.6 Å². The van der Waals surface area contributed by atoms with E-state index < -0.39 is 0 Å². The summed E-state index contributed by atoms with van der Waals surface area (Å²) in [5, 5.41) is 8.43. The van der Waals surface area contributed by atoms with E-state index in [1.807, 2.05) is 73.7 Å². The largest absolute Gasteiger partial charge is 0.346 e. The predicted octanol–water partition coefficient (Wildman–Crippen LogP) is 4.45. The summed E-state index contributed by atoms with van der Waals surface area (Å²) in [5.41, 5.74) is 4.34. The number of aryl methyl sites for hydroxylation is 2. The smallest absolute Gasteiger partial charge is 0.269 e. The van der Waals surface area contributed by atoms with Gasteiger partial charge in [-0.2, -0.15) is 5.10 Å². The molecule has 0 aliphatic rings. The molecule has 1 N–H and O–H groups in total. The van der Waals surface area contributed by atoms with Crippen molar-refractivity contribution in [2.45, 2.75) is 13.5 Å². The zero-order valence-corrected chi connectivity index (χ0v) is 16.5. The Balaban J connectivity index is 1.48. The molecule has 140 valence electrons. The zero-order chi connectivity index (χ0) is 19.5. The molecule has 2 aromatic heterocycles. The van der Waals surface area contributed by atoms with Crippen molar-refractivity contribution in [1.29, 1.82) is 0 Å². The number of aromatic nitrogens is 3. The lowest BCUT2D eigenvalue weighted by atomic mass is 10.1. The summed E-state index contributed by atoms with van der Waals surface area (Å²) in [6.07, 6.45) is 0. The van der Waals surface area contributed by atoms with Crippen molar-refractivity contribution >= 4 is 17.2 Å². The molecule has 2 aromatic carbocycles. The number of nitrogens with one attached hydrogen (secondary N) is 1. The molecule has 1 amide bonds. The van der Waals surface area contributed by atoms with Crippen LogP contribution in [0.15, 0.2) is 66.7 Å². The van der Waals surface area contributed by atoms with Gasteiger partial charge in [-0.15, -0.1) is 11.3 Å². The number of thiazole rings is 1. The third-order valence-electron chi connectivity index (χ3n) is 4.50. The molecule has 0 saturated heterocycles. The summed E-state index contributed by atoms with van der Waals surface area (Å²) in [6, 6.07) is 21.7. The van der Waals surface area contributed by atoms with Crippen molar-refractivity contribution in [3.05, 3.63) is 83.0 Å². The highest BCUT2D eigenvalue weighted by Gasteiger charge is 2.16. The molecule has 0 atom stereocenters. The van der Waals surface area contributed by atoms with Crippen LogP contribution in [0.4, 0.5) is 0 Å². The zero-order valence-electron chi connectivity index (χ0n) is 15.7. The first kappa shape index (κ1) is 18.1. The van der Waals surface area contributed by atoms with Crippen LogP contribution < -0.4 is 5.32 Å². The van der Waals surface area contributed by atoms with Gasteiger partial charge in [-0.3, -0.25) is 9.48 Å². The Hall–Kier alpha value is -3.25. The molecule has 0 bridgehead atoms. The number of rotatable bonds is 5. The number of carbonyl (C=O) groups excluding carboxylic acids is 1. The fraction of sp³-hybridized carbons (Fsp3) is 0.136. The van der Waals surface area contributed by atoms with Crippen LogP contribution in [0.3, 0.4) is 0 Å². The van der Waals surface area contributed by atoms with Crippen LogP contribution in [0, 0.1) is 6.92 Å². The second kappa shape index (κ2) is 7.78. The Bertz CT molecular complexity index is 1100. The molecule has 6 heteroatoms. The van der Waals surface area contributed by atoms with E-state index in [0.717, 1.165) is 32.4 Å². The van der Waals surface area contributed by atoms with Gasteiger partial charge in [0, 0.05) is 23.1 Å². The van der Waals surface area contributed by atoms with E-state index in [-0.39, 0.29) is 5.91 Å². The van der Waals surface area contributed by atoms with Crippen molar-refractivity contribution in [1.82, 2.24) is 20.1 Å². The molecule has 2 heterocycles. The first-order valence-corrected chi connectivity index (χ1v) is 9.83. The molecule has 0 radical (unpaired) electrons. The molecule has 28 heavy (non-hydrogen) atoms. The number of carbonyl (C=O) groups is 1. The van der Waals surface area contributed by atoms with Crippen molar-refractivity contribution in [3.63, 3.8) is 0 Å². The highest BCUT2D eigenvalue weighted by Crippen LogP contribution is 2.27. The summed E-state index contributed by atoms with van der Waals surface area (Å²) in [5.74, 6) is -0.147. The number of hydrogen-bond donors (Lipinski definition) is 1. The van der Waals surface area contributed by atoms with E-state index in [9.17, 15) is 4.79 Å². The molecule has 0 aliphatic carbocycles. The van der Waals surface area contributed by atoms with E-state index in [2.05, 4.69) is 15.4 Å². The quantitative estimate of drug-likeness (QED) is 0.549. The number of hydrogen-bond acceptors (Lipinski definition) is 4. The molecule has 0 saturated carbocycles. The van der Waals surface area contributed by atoms with Gasteiger partial charge in [0.2, 0.25) is 0 Å². The number of amides is 1. The molecule has 0 aliphatic heterocycles. The van der Waals surface area contributed by atoms with Crippen LogP contribution in [0.25, 0.3) is 21.8 Å². The van der Waals surface area contributed by atoms with Crippen molar-refractivity contribution in [2.75, 3.05) is 0 Å². The van der Waals surface area contributed by atoms with Crippen LogP contribution >= 0.6 is 11.3 Å². The van der Waals surface area contributed by atoms with E-state index in [4.69, 9.17) is 0 Å². The van der Waals surface area contributed by atoms with Crippen molar-refractivity contribution in [2.24, 2.45) is 7.05 Å². The first-order valence-electron chi connectivity index (χ1n) is 9.01. The van der Waals surface area contributed by atoms with E-state index in [0.29, 0.717) is 12.2 Å². The summed E-state index contributed by atoms with van der Waals surface area (Å²) in [6.45, 7) is 2.42. The molecular formula is C22H20N4OS. The van der Waals surface area contributed by atoms with Gasteiger partial charge in [0.25, 0.3) is 5.91 Å². The molecule has 0 fully saturated rings. The van der Waals surface area contributed by atoms with Crippen molar-refractivity contribution < 1.29 is 4.79 Å². The fourth-order valence-corrected chi connectivity index (χ4v) is 3.98. The van der Waals surface area contributed by atoms with E-state index >= 15 is 0 Å². The van der Waals surface area contributed by atoms with Gasteiger partial charge < -0.3 is 5.32 Å². The Morgan fingerprint density at radius 2 is 1.68 bits per heavy atom. The van der Waals surface area contributed by atoms with Gasteiger partial charge >= 0.3 is 0 Å². The van der Waals surface area contributed by atoms with Crippen molar-refractivity contribution in [3.8, 4) is 21.8 Å². The monoisotopic (exact) mass is 388 g/mol. The average Bonchev–Trinajstić information content (AvgIpc) is 3.30. The lowest BCUT2D eigenvalue weighted by Gasteiger charge is -2.04.